The van der Waals surface area contributed by atoms with E-state index < -0.39 is 11.7 Å². The van der Waals surface area contributed by atoms with Gasteiger partial charge in [0.25, 0.3) is 0 Å². The molecule has 0 unspecified atom stereocenters. The number of halogens is 3. The molecule has 0 N–H and O–H groups in total. The standard InChI is InChI=1S/C15H19F3N2O2/c1-11-8-20(9-14(22-11)5-2-6-21-10-14)13-4-3-12(7-19-13)15(16,17)18/h3-4,7,11H,2,5-6,8-10H2,1H3/t11-,14+/m1/s1. The lowest BCUT2D eigenvalue weighted by molar-refractivity contribution is -0.160. The number of pyridine rings is 1. The second kappa shape index (κ2) is 5.70. The van der Waals surface area contributed by atoms with Crippen LogP contribution in [0.15, 0.2) is 18.3 Å². The Morgan fingerprint density at radius 3 is 2.77 bits per heavy atom. The van der Waals surface area contributed by atoms with E-state index in [-0.39, 0.29) is 11.7 Å². The second-order valence-electron chi connectivity index (χ2n) is 6.05. The van der Waals surface area contributed by atoms with E-state index in [0.29, 0.717) is 25.5 Å². The zero-order valence-electron chi connectivity index (χ0n) is 12.4. The Bertz CT molecular complexity index is 513. The highest BCUT2D eigenvalue weighted by molar-refractivity contribution is 5.41. The highest BCUT2D eigenvalue weighted by Crippen LogP contribution is 2.33. The van der Waals surface area contributed by atoms with Crippen LogP contribution in [0.3, 0.4) is 0 Å². The highest BCUT2D eigenvalue weighted by atomic mass is 19.4. The Morgan fingerprint density at radius 1 is 1.36 bits per heavy atom. The minimum atomic E-state index is -4.36. The van der Waals surface area contributed by atoms with E-state index in [1.54, 1.807) is 0 Å². The molecule has 0 radical (unpaired) electrons. The molecular formula is C15H19F3N2O2. The number of anilines is 1. The maximum Gasteiger partial charge on any atom is 0.417 e. The largest absolute Gasteiger partial charge is 0.417 e. The summed E-state index contributed by atoms with van der Waals surface area (Å²) in [5, 5.41) is 0. The molecule has 2 aliphatic heterocycles. The smallest absolute Gasteiger partial charge is 0.378 e. The van der Waals surface area contributed by atoms with Crippen molar-refractivity contribution in [2.75, 3.05) is 31.2 Å². The van der Waals surface area contributed by atoms with Crippen LogP contribution in [-0.4, -0.2) is 43.0 Å². The first-order valence-electron chi connectivity index (χ1n) is 7.42. The number of nitrogens with zero attached hydrogens (tertiary/aromatic N) is 2. The fourth-order valence-electron chi connectivity index (χ4n) is 3.18. The van der Waals surface area contributed by atoms with Gasteiger partial charge < -0.3 is 14.4 Å². The van der Waals surface area contributed by atoms with Crippen molar-refractivity contribution in [1.82, 2.24) is 4.98 Å². The Balaban J connectivity index is 1.78. The summed E-state index contributed by atoms with van der Waals surface area (Å²) in [6, 6.07) is 2.50. The van der Waals surface area contributed by atoms with Crippen LogP contribution >= 0.6 is 0 Å². The van der Waals surface area contributed by atoms with Crippen molar-refractivity contribution in [2.45, 2.75) is 37.6 Å². The molecule has 0 saturated carbocycles. The van der Waals surface area contributed by atoms with Crippen molar-refractivity contribution in [2.24, 2.45) is 0 Å². The fraction of sp³-hybridized carbons (Fsp3) is 0.667. The molecule has 4 nitrogen and oxygen atoms in total. The lowest BCUT2D eigenvalue weighted by Gasteiger charge is -2.47. The zero-order chi connectivity index (χ0) is 15.8. The Labute approximate surface area is 127 Å². The minimum absolute atomic E-state index is 0.0143. The van der Waals surface area contributed by atoms with Crippen LogP contribution in [-0.2, 0) is 15.7 Å². The van der Waals surface area contributed by atoms with Crippen LogP contribution in [0.1, 0.15) is 25.3 Å². The minimum Gasteiger partial charge on any atom is -0.378 e. The average Bonchev–Trinajstić information content (AvgIpc) is 2.46. The van der Waals surface area contributed by atoms with E-state index in [1.165, 1.54) is 6.07 Å². The Morgan fingerprint density at radius 2 is 2.18 bits per heavy atom. The molecule has 22 heavy (non-hydrogen) atoms. The number of hydrogen-bond donors (Lipinski definition) is 0. The van der Waals surface area contributed by atoms with Crippen LogP contribution in [0.5, 0.6) is 0 Å². The van der Waals surface area contributed by atoms with Crippen LogP contribution < -0.4 is 4.90 Å². The summed E-state index contributed by atoms with van der Waals surface area (Å²) in [4.78, 5) is 5.98. The monoisotopic (exact) mass is 316 g/mol. The molecule has 2 atom stereocenters. The molecule has 0 aromatic carbocycles. The molecule has 7 heteroatoms. The molecule has 1 aromatic rings. The SMILES string of the molecule is C[C@@H]1CN(c2ccc(C(F)(F)F)cn2)C[C@]2(CCCOC2)O1. The number of alkyl halides is 3. The zero-order valence-corrected chi connectivity index (χ0v) is 12.4. The number of aromatic nitrogens is 1. The van der Waals surface area contributed by atoms with Crippen LogP contribution in [0.4, 0.5) is 19.0 Å². The first-order chi connectivity index (χ1) is 10.4. The van der Waals surface area contributed by atoms with Gasteiger partial charge in [-0.1, -0.05) is 0 Å². The Kier molecular flexibility index (Phi) is 4.03. The van der Waals surface area contributed by atoms with Gasteiger partial charge in [-0.3, -0.25) is 0 Å². The van der Waals surface area contributed by atoms with E-state index >= 15 is 0 Å². The van der Waals surface area contributed by atoms with Crippen molar-refractivity contribution < 1.29 is 22.6 Å². The van der Waals surface area contributed by atoms with Gasteiger partial charge in [0.15, 0.2) is 0 Å². The van der Waals surface area contributed by atoms with E-state index in [0.717, 1.165) is 31.7 Å². The molecule has 3 rings (SSSR count). The van der Waals surface area contributed by atoms with Gasteiger partial charge in [0.1, 0.15) is 11.4 Å². The normalized spacial score (nSPS) is 29.8. The fourth-order valence-corrected chi connectivity index (χ4v) is 3.18. The molecule has 0 amide bonds. The highest BCUT2D eigenvalue weighted by Gasteiger charge is 2.41. The van der Waals surface area contributed by atoms with Gasteiger partial charge in [0.2, 0.25) is 0 Å². The molecule has 0 aliphatic carbocycles. The molecule has 2 aliphatic rings. The third-order valence-electron chi connectivity index (χ3n) is 4.09. The number of rotatable bonds is 1. The van der Waals surface area contributed by atoms with Crippen molar-refractivity contribution >= 4 is 5.82 Å². The average molecular weight is 316 g/mol. The number of hydrogen-bond acceptors (Lipinski definition) is 4. The predicted octanol–water partition coefficient (Wildman–Crippen LogP) is 2.87. The lowest BCUT2D eigenvalue weighted by Crippen LogP contribution is -2.58. The van der Waals surface area contributed by atoms with E-state index in [1.807, 2.05) is 11.8 Å². The third kappa shape index (κ3) is 3.20. The molecule has 122 valence electrons. The molecule has 0 bridgehead atoms. The van der Waals surface area contributed by atoms with E-state index in [4.69, 9.17) is 9.47 Å². The van der Waals surface area contributed by atoms with Gasteiger partial charge in [-0.05, 0) is 31.9 Å². The molecule has 3 heterocycles. The van der Waals surface area contributed by atoms with Crippen molar-refractivity contribution in [3.05, 3.63) is 23.9 Å². The van der Waals surface area contributed by atoms with Gasteiger partial charge in [-0.25, -0.2) is 4.98 Å². The topological polar surface area (TPSA) is 34.6 Å². The van der Waals surface area contributed by atoms with Crippen LogP contribution in [0.2, 0.25) is 0 Å². The molecule has 1 spiro atoms. The molecule has 2 saturated heterocycles. The van der Waals surface area contributed by atoms with Gasteiger partial charge in [0.05, 0.1) is 24.8 Å². The summed E-state index contributed by atoms with van der Waals surface area (Å²) in [5.41, 5.74) is -1.10. The molecular weight excluding hydrogens is 297 g/mol. The van der Waals surface area contributed by atoms with Gasteiger partial charge >= 0.3 is 6.18 Å². The molecule has 1 aromatic heterocycles. The van der Waals surface area contributed by atoms with Gasteiger partial charge in [-0.2, -0.15) is 13.2 Å². The first-order valence-corrected chi connectivity index (χ1v) is 7.42. The third-order valence-corrected chi connectivity index (χ3v) is 4.09. The van der Waals surface area contributed by atoms with Crippen molar-refractivity contribution in [3.8, 4) is 0 Å². The summed E-state index contributed by atoms with van der Waals surface area (Å²) in [6.07, 6.45) is -1.66. The Hall–Kier alpha value is -1.34. The summed E-state index contributed by atoms with van der Waals surface area (Å²) in [6.45, 7) is 4.43. The summed E-state index contributed by atoms with van der Waals surface area (Å²) >= 11 is 0. The summed E-state index contributed by atoms with van der Waals surface area (Å²) in [5.74, 6) is 0.549. The quantitative estimate of drug-likeness (QED) is 0.798. The first kappa shape index (κ1) is 15.6. The molecule has 2 fully saturated rings. The second-order valence-corrected chi connectivity index (χ2v) is 6.05. The summed E-state index contributed by atoms with van der Waals surface area (Å²) < 4.78 is 49.5. The summed E-state index contributed by atoms with van der Waals surface area (Å²) in [7, 11) is 0. The van der Waals surface area contributed by atoms with Crippen molar-refractivity contribution in [1.29, 1.82) is 0 Å². The van der Waals surface area contributed by atoms with Gasteiger partial charge in [-0.15, -0.1) is 0 Å². The van der Waals surface area contributed by atoms with Crippen molar-refractivity contribution in [3.63, 3.8) is 0 Å². The van der Waals surface area contributed by atoms with Crippen LogP contribution in [0, 0.1) is 0 Å². The predicted molar refractivity (Wildman–Crippen MR) is 74.8 cm³/mol. The lowest BCUT2D eigenvalue weighted by atomic mass is 9.93. The maximum atomic E-state index is 12.6. The number of ether oxygens (including phenoxy) is 2. The number of morpholine rings is 1. The van der Waals surface area contributed by atoms with Gasteiger partial charge in [0, 0.05) is 19.3 Å². The maximum absolute atomic E-state index is 12.6. The van der Waals surface area contributed by atoms with Crippen LogP contribution in [0.25, 0.3) is 0 Å². The van der Waals surface area contributed by atoms with E-state index in [9.17, 15) is 13.2 Å². The van der Waals surface area contributed by atoms with E-state index in [2.05, 4.69) is 4.98 Å².